The first-order chi connectivity index (χ1) is 19.0. The van der Waals surface area contributed by atoms with Gasteiger partial charge in [0.05, 0.1) is 10.6 Å². The number of anilines is 1. The Morgan fingerprint density at radius 3 is 2.02 bits per heavy atom. The zero-order chi connectivity index (χ0) is 28.9. The molecule has 0 saturated heterocycles. The summed E-state index contributed by atoms with van der Waals surface area (Å²) in [5.74, 6) is -0.700. The highest BCUT2D eigenvalue weighted by atomic mass is 79.9. The van der Waals surface area contributed by atoms with E-state index >= 15 is 0 Å². The molecule has 1 fully saturated rings. The summed E-state index contributed by atoms with van der Waals surface area (Å²) in [5.41, 5.74) is 3.11. The molecule has 40 heavy (non-hydrogen) atoms. The Labute approximate surface area is 245 Å². The van der Waals surface area contributed by atoms with Gasteiger partial charge in [-0.3, -0.25) is 13.9 Å². The van der Waals surface area contributed by atoms with Crippen molar-refractivity contribution in [2.24, 2.45) is 0 Å². The van der Waals surface area contributed by atoms with Crippen LogP contribution < -0.4 is 9.62 Å². The molecule has 1 N–H and O–H groups in total. The van der Waals surface area contributed by atoms with Crippen LogP contribution in [0.15, 0.2) is 82.2 Å². The standard InChI is InChI=1S/C31H36BrN3O4S/c1-22-8-16-28(17-9-22)35(40(38,39)29-18-10-23(2)11-19-29)21-30(36)34(20-25-12-14-26(32)15-13-25)24(3)31(37)33-27-6-4-5-7-27/h8-19,24,27H,4-7,20-21H2,1-3H3,(H,33,37)/t24-/m0/s1. The zero-order valence-corrected chi connectivity index (χ0v) is 25.5. The van der Waals surface area contributed by atoms with Crippen molar-refractivity contribution in [3.05, 3.63) is 94.0 Å². The quantitative estimate of drug-likeness (QED) is 0.311. The summed E-state index contributed by atoms with van der Waals surface area (Å²) in [6.07, 6.45) is 4.00. The maximum absolute atomic E-state index is 14.0. The lowest BCUT2D eigenvalue weighted by Crippen LogP contribution is -2.52. The van der Waals surface area contributed by atoms with E-state index in [0.717, 1.165) is 51.2 Å². The maximum atomic E-state index is 14.0. The Balaban J connectivity index is 1.67. The third kappa shape index (κ3) is 7.31. The third-order valence-corrected chi connectivity index (χ3v) is 9.66. The number of carbonyl (C=O) groups is 2. The molecule has 212 valence electrons. The fourth-order valence-electron chi connectivity index (χ4n) is 4.84. The van der Waals surface area contributed by atoms with Crippen molar-refractivity contribution < 1.29 is 18.0 Å². The molecule has 3 aromatic rings. The number of rotatable bonds is 10. The lowest BCUT2D eigenvalue weighted by Gasteiger charge is -2.32. The second-order valence-corrected chi connectivity index (χ2v) is 13.3. The SMILES string of the molecule is Cc1ccc(N(CC(=O)N(Cc2ccc(Br)cc2)[C@@H](C)C(=O)NC2CCCC2)S(=O)(=O)c2ccc(C)cc2)cc1. The number of halogens is 1. The predicted octanol–water partition coefficient (Wildman–Crippen LogP) is 5.74. The number of nitrogens with zero attached hydrogens (tertiary/aromatic N) is 2. The molecule has 4 rings (SSSR count). The predicted molar refractivity (Wildman–Crippen MR) is 161 cm³/mol. The van der Waals surface area contributed by atoms with E-state index < -0.39 is 28.5 Å². The minimum atomic E-state index is -4.08. The first-order valence-corrected chi connectivity index (χ1v) is 15.8. The first kappa shape index (κ1) is 29.8. The highest BCUT2D eigenvalue weighted by molar-refractivity contribution is 9.10. The summed E-state index contributed by atoms with van der Waals surface area (Å²) in [6, 6.07) is 20.4. The number of nitrogens with one attached hydrogen (secondary N) is 1. The van der Waals surface area contributed by atoms with Crippen molar-refractivity contribution in [2.45, 2.75) is 70.0 Å². The Morgan fingerprint density at radius 2 is 1.45 bits per heavy atom. The largest absolute Gasteiger partial charge is 0.352 e. The van der Waals surface area contributed by atoms with Gasteiger partial charge in [-0.25, -0.2) is 8.42 Å². The van der Waals surface area contributed by atoms with Crippen molar-refractivity contribution in [3.8, 4) is 0 Å². The minimum Gasteiger partial charge on any atom is -0.352 e. The summed E-state index contributed by atoms with van der Waals surface area (Å²) in [6.45, 7) is 5.22. The number of hydrogen-bond acceptors (Lipinski definition) is 4. The van der Waals surface area contributed by atoms with Gasteiger partial charge < -0.3 is 10.2 Å². The van der Waals surface area contributed by atoms with Gasteiger partial charge in [-0.05, 0) is 75.6 Å². The van der Waals surface area contributed by atoms with Crippen molar-refractivity contribution in [2.75, 3.05) is 10.8 Å². The number of carbonyl (C=O) groups excluding carboxylic acids is 2. The van der Waals surface area contributed by atoms with E-state index in [1.165, 1.54) is 4.90 Å². The molecule has 2 amide bonds. The molecule has 1 aliphatic carbocycles. The molecule has 9 heteroatoms. The third-order valence-electron chi connectivity index (χ3n) is 7.34. The van der Waals surface area contributed by atoms with Gasteiger partial charge in [0.25, 0.3) is 10.0 Å². The van der Waals surface area contributed by atoms with Crippen LogP contribution in [0, 0.1) is 13.8 Å². The Hall–Kier alpha value is -3.17. The summed E-state index contributed by atoms with van der Waals surface area (Å²) < 4.78 is 29.8. The number of amides is 2. The van der Waals surface area contributed by atoms with E-state index in [1.54, 1.807) is 43.3 Å². The fourth-order valence-corrected chi connectivity index (χ4v) is 6.52. The van der Waals surface area contributed by atoms with Crippen LogP contribution in [0.1, 0.15) is 49.3 Å². The van der Waals surface area contributed by atoms with Crippen LogP contribution >= 0.6 is 15.9 Å². The van der Waals surface area contributed by atoms with Crippen molar-refractivity contribution in [3.63, 3.8) is 0 Å². The molecule has 0 heterocycles. The van der Waals surface area contributed by atoms with E-state index in [9.17, 15) is 18.0 Å². The van der Waals surface area contributed by atoms with Gasteiger partial charge in [0, 0.05) is 17.1 Å². The average molecular weight is 627 g/mol. The first-order valence-electron chi connectivity index (χ1n) is 13.5. The fraction of sp³-hybridized carbons (Fsp3) is 0.355. The van der Waals surface area contributed by atoms with E-state index in [-0.39, 0.29) is 23.4 Å². The molecular weight excluding hydrogens is 590 g/mol. The van der Waals surface area contributed by atoms with E-state index in [2.05, 4.69) is 21.2 Å². The molecule has 0 spiro atoms. The van der Waals surface area contributed by atoms with E-state index in [4.69, 9.17) is 0 Å². The monoisotopic (exact) mass is 625 g/mol. The highest BCUT2D eigenvalue weighted by Gasteiger charge is 2.33. The lowest BCUT2D eigenvalue weighted by atomic mass is 10.1. The highest BCUT2D eigenvalue weighted by Crippen LogP contribution is 2.26. The van der Waals surface area contributed by atoms with Crippen LogP contribution in [0.5, 0.6) is 0 Å². The molecule has 7 nitrogen and oxygen atoms in total. The number of aryl methyl sites for hydroxylation is 2. The molecule has 0 aromatic heterocycles. The van der Waals surface area contributed by atoms with Crippen LogP contribution in [0.25, 0.3) is 0 Å². The molecular formula is C31H36BrN3O4S. The number of benzene rings is 3. The molecule has 0 radical (unpaired) electrons. The van der Waals surface area contributed by atoms with Crippen LogP contribution in [0.3, 0.4) is 0 Å². The van der Waals surface area contributed by atoms with Crippen LogP contribution in [0.2, 0.25) is 0 Å². The van der Waals surface area contributed by atoms with Gasteiger partial charge in [0.1, 0.15) is 12.6 Å². The lowest BCUT2D eigenvalue weighted by molar-refractivity contribution is -0.139. The van der Waals surface area contributed by atoms with Gasteiger partial charge >= 0.3 is 0 Å². The van der Waals surface area contributed by atoms with Crippen LogP contribution in [-0.4, -0.2) is 43.8 Å². The van der Waals surface area contributed by atoms with Gasteiger partial charge in [-0.15, -0.1) is 0 Å². The van der Waals surface area contributed by atoms with Crippen molar-refractivity contribution >= 4 is 43.5 Å². The zero-order valence-electron chi connectivity index (χ0n) is 23.1. The van der Waals surface area contributed by atoms with Gasteiger partial charge in [0.15, 0.2) is 0 Å². The van der Waals surface area contributed by atoms with Crippen LogP contribution in [-0.2, 0) is 26.2 Å². The van der Waals surface area contributed by atoms with Crippen molar-refractivity contribution in [1.82, 2.24) is 10.2 Å². The molecule has 1 saturated carbocycles. The van der Waals surface area contributed by atoms with E-state index in [0.29, 0.717) is 5.69 Å². The normalized spacial score (nSPS) is 14.5. The van der Waals surface area contributed by atoms with Crippen molar-refractivity contribution in [1.29, 1.82) is 0 Å². The second kappa shape index (κ2) is 13.0. The molecule has 3 aromatic carbocycles. The Bertz CT molecular complexity index is 1420. The van der Waals surface area contributed by atoms with Gasteiger partial charge in [-0.2, -0.15) is 0 Å². The second-order valence-electron chi connectivity index (χ2n) is 10.5. The minimum absolute atomic E-state index is 0.0953. The summed E-state index contributed by atoms with van der Waals surface area (Å²) >= 11 is 3.44. The summed E-state index contributed by atoms with van der Waals surface area (Å²) in [4.78, 5) is 28.9. The summed E-state index contributed by atoms with van der Waals surface area (Å²) in [5, 5.41) is 3.09. The summed E-state index contributed by atoms with van der Waals surface area (Å²) in [7, 11) is -4.08. The average Bonchev–Trinajstić information content (AvgIpc) is 3.44. The van der Waals surface area contributed by atoms with Gasteiger partial charge in [-0.1, -0.05) is 76.3 Å². The molecule has 0 unspecified atom stereocenters. The smallest absolute Gasteiger partial charge is 0.264 e. The Morgan fingerprint density at radius 1 is 0.900 bits per heavy atom. The van der Waals surface area contributed by atoms with Gasteiger partial charge in [0.2, 0.25) is 11.8 Å². The molecule has 0 bridgehead atoms. The molecule has 1 atom stereocenters. The molecule has 1 aliphatic rings. The topological polar surface area (TPSA) is 86.8 Å². The number of sulfonamides is 1. The van der Waals surface area contributed by atoms with Crippen LogP contribution in [0.4, 0.5) is 5.69 Å². The van der Waals surface area contributed by atoms with E-state index in [1.807, 2.05) is 50.2 Å². The maximum Gasteiger partial charge on any atom is 0.264 e. The molecule has 0 aliphatic heterocycles. The Kier molecular flexibility index (Phi) is 9.68. The number of hydrogen-bond donors (Lipinski definition) is 1.